The fraction of sp³-hybridized carbons (Fsp3) is 0.381. The minimum Gasteiger partial charge on any atom is -0.311 e. The van der Waals surface area contributed by atoms with E-state index in [4.69, 9.17) is 0 Å². The van der Waals surface area contributed by atoms with Crippen molar-refractivity contribution in [2.45, 2.75) is 51.6 Å². The quantitative estimate of drug-likeness (QED) is 0.761. The van der Waals surface area contributed by atoms with Gasteiger partial charge in [-0.3, -0.25) is 9.59 Å². The number of aromatic nitrogens is 3. The number of rotatable bonds is 2. The Morgan fingerprint density at radius 1 is 1.22 bits per heavy atom. The number of pyridine rings is 1. The lowest BCUT2D eigenvalue weighted by atomic mass is 9.84. The molecule has 2 aliphatic rings. The number of nitrogens with one attached hydrogen (secondary N) is 1. The van der Waals surface area contributed by atoms with Gasteiger partial charge in [0.1, 0.15) is 5.82 Å². The fourth-order valence-corrected chi connectivity index (χ4v) is 4.59. The molecule has 1 aromatic carbocycles. The summed E-state index contributed by atoms with van der Waals surface area (Å²) in [5, 5.41) is 8.55. The van der Waals surface area contributed by atoms with Crippen molar-refractivity contribution in [2.75, 3.05) is 5.32 Å². The maximum absolute atomic E-state index is 12.9. The Hall–Kier alpha value is -2.89. The van der Waals surface area contributed by atoms with Crippen molar-refractivity contribution in [2.24, 2.45) is 0 Å². The number of benzene rings is 1. The molecule has 6 nitrogen and oxygen atoms in total. The van der Waals surface area contributed by atoms with Crippen molar-refractivity contribution in [1.29, 1.82) is 0 Å². The summed E-state index contributed by atoms with van der Waals surface area (Å²) in [5.41, 5.74) is 4.21. The molecule has 0 aliphatic carbocycles. The molecule has 2 aliphatic heterocycles. The van der Waals surface area contributed by atoms with Crippen LogP contribution in [0, 0.1) is 0 Å². The molecule has 1 N–H and O–H groups in total. The predicted octanol–water partition coefficient (Wildman–Crippen LogP) is 3.20. The van der Waals surface area contributed by atoms with Gasteiger partial charge in [-0.05, 0) is 37.8 Å². The van der Waals surface area contributed by atoms with Gasteiger partial charge in [-0.1, -0.05) is 18.2 Å². The van der Waals surface area contributed by atoms with Crippen LogP contribution in [0.5, 0.6) is 0 Å². The Morgan fingerprint density at radius 3 is 2.89 bits per heavy atom. The molecule has 4 heterocycles. The number of anilines is 1. The van der Waals surface area contributed by atoms with Crippen molar-refractivity contribution < 1.29 is 4.79 Å². The Morgan fingerprint density at radius 2 is 2.07 bits per heavy atom. The minimum absolute atomic E-state index is 0.0217. The number of nitrogens with zero attached hydrogens (tertiary/aromatic N) is 3. The molecule has 0 fully saturated rings. The van der Waals surface area contributed by atoms with Crippen LogP contribution in [0.25, 0.3) is 10.9 Å². The highest BCUT2D eigenvalue weighted by molar-refractivity contribution is 5.96. The molecule has 0 saturated heterocycles. The number of carbonyl (C=O) groups is 1. The molecule has 0 saturated carbocycles. The van der Waals surface area contributed by atoms with E-state index in [0.717, 1.165) is 47.2 Å². The molecule has 1 atom stereocenters. The van der Waals surface area contributed by atoms with E-state index >= 15 is 0 Å². The zero-order chi connectivity index (χ0) is 18.7. The summed E-state index contributed by atoms with van der Waals surface area (Å²) in [6, 6.07) is 8.13. The predicted molar refractivity (Wildman–Crippen MR) is 104 cm³/mol. The lowest BCUT2D eigenvalue weighted by molar-refractivity contribution is -0.116. The van der Waals surface area contributed by atoms with E-state index in [1.807, 2.05) is 29.3 Å². The van der Waals surface area contributed by atoms with Gasteiger partial charge < -0.3 is 9.88 Å². The first kappa shape index (κ1) is 16.3. The van der Waals surface area contributed by atoms with Crippen LogP contribution in [-0.4, -0.2) is 20.3 Å². The van der Waals surface area contributed by atoms with Gasteiger partial charge in [0.15, 0.2) is 0 Å². The van der Waals surface area contributed by atoms with Gasteiger partial charge in [0.25, 0.3) is 5.56 Å². The lowest BCUT2D eigenvalue weighted by Gasteiger charge is -2.27. The lowest BCUT2D eigenvalue weighted by Crippen LogP contribution is -2.28. The number of hydrogen-bond donors (Lipinski definition) is 1. The summed E-state index contributed by atoms with van der Waals surface area (Å²) in [6.45, 7) is 4.84. The number of para-hydroxylation sites is 1. The highest BCUT2D eigenvalue weighted by Crippen LogP contribution is 2.40. The van der Waals surface area contributed by atoms with Crippen LogP contribution in [0.2, 0.25) is 0 Å². The summed E-state index contributed by atoms with van der Waals surface area (Å²) in [6.07, 6.45) is 4.15. The van der Waals surface area contributed by atoms with Crippen LogP contribution >= 0.6 is 0 Å². The van der Waals surface area contributed by atoms with Crippen molar-refractivity contribution >= 4 is 22.6 Å². The SMILES string of the molecule is CC(C)n1ncc2c1NC(=O)CC2c1cc(=O)n2c3c(cccc13)CCC2. The summed E-state index contributed by atoms with van der Waals surface area (Å²) in [4.78, 5) is 25.3. The summed E-state index contributed by atoms with van der Waals surface area (Å²) in [5.74, 6) is 0.572. The van der Waals surface area contributed by atoms with Crippen LogP contribution < -0.4 is 10.9 Å². The summed E-state index contributed by atoms with van der Waals surface area (Å²) >= 11 is 0. The molecule has 1 unspecified atom stereocenters. The molecule has 3 aromatic rings. The average Bonchev–Trinajstić information content (AvgIpc) is 3.08. The summed E-state index contributed by atoms with van der Waals surface area (Å²) < 4.78 is 3.73. The molecule has 0 radical (unpaired) electrons. The van der Waals surface area contributed by atoms with E-state index in [0.29, 0.717) is 6.42 Å². The third-order valence-electron chi connectivity index (χ3n) is 5.78. The normalized spacial score (nSPS) is 18.6. The van der Waals surface area contributed by atoms with E-state index < -0.39 is 0 Å². The van der Waals surface area contributed by atoms with Gasteiger partial charge in [-0.2, -0.15) is 5.10 Å². The molecule has 0 spiro atoms. The van der Waals surface area contributed by atoms with Gasteiger partial charge in [-0.25, -0.2) is 4.68 Å². The molecule has 2 aromatic heterocycles. The second kappa shape index (κ2) is 5.81. The molecule has 6 heteroatoms. The van der Waals surface area contributed by atoms with E-state index in [2.05, 4.69) is 28.6 Å². The van der Waals surface area contributed by atoms with Crippen LogP contribution in [0.3, 0.4) is 0 Å². The molecular formula is C21H22N4O2. The minimum atomic E-state index is -0.152. The number of amides is 1. The second-order valence-corrected chi connectivity index (χ2v) is 7.80. The monoisotopic (exact) mass is 362 g/mol. The van der Waals surface area contributed by atoms with Crippen LogP contribution in [0.15, 0.2) is 35.3 Å². The van der Waals surface area contributed by atoms with Gasteiger partial charge in [0.2, 0.25) is 5.91 Å². The molecule has 5 rings (SSSR count). The molecule has 27 heavy (non-hydrogen) atoms. The maximum Gasteiger partial charge on any atom is 0.251 e. The smallest absolute Gasteiger partial charge is 0.251 e. The van der Waals surface area contributed by atoms with E-state index in [9.17, 15) is 9.59 Å². The highest BCUT2D eigenvalue weighted by Gasteiger charge is 2.32. The third-order valence-corrected chi connectivity index (χ3v) is 5.78. The zero-order valence-electron chi connectivity index (χ0n) is 15.5. The van der Waals surface area contributed by atoms with Gasteiger partial charge in [0.05, 0.1) is 11.7 Å². The first-order valence-electron chi connectivity index (χ1n) is 9.57. The van der Waals surface area contributed by atoms with Crippen LogP contribution in [0.1, 0.15) is 55.3 Å². The Labute approximate surface area is 156 Å². The maximum atomic E-state index is 12.9. The first-order chi connectivity index (χ1) is 13.0. The van der Waals surface area contributed by atoms with Gasteiger partial charge in [0, 0.05) is 41.9 Å². The Bertz CT molecular complexity index is 1140. The number of fused-ring (bicyclic) bond motifs is 1. The third kappa shape index (κ3) is 2.36. The Balaban J connectivity index is 1.78. The largest absolute Gasteiger partial charge is 0.311 e. The van der Waals surface area contributed by atoms with Gasteiger partial charge >= 0.3 is 0 Å². The zero-order valence-corrected chi connectivity index (χ0v) is 15.5. The topological polar surface area (TPSA) is 68.9 Å². The average molecular weight is 362 g/mol. The second-order valence-electron chi connectivity index (χ2n) is 7.80. The molecule has 1 amide bonds. The van der Waals surface area contributed by atoms with Crippen molar-refractivity contribution in [3.63, 3.8) is 0 Å². The number of hydrogen-bond acceptors (Lipinski definition) is 3. The van der Waals surface area contributed by atoms with Crippen molar-refractivity contribution in [3.8, 4) is 0 Å². The highest BCUT2D eigenvalue weighted by atomic mass is 16.2. The molecular weight excluding hydrogens is 340 g/mol. The standard InChI is InChI=1S/C21H22N4O2/c1-12(2)25-21-17(11-22-25)15(9-18(26)23-21)16-10-19(27)24-8-4-6-13-5-3-7-14(16)20(13)24/h3,5,7,10-12,15H,4,6,8-9H2,1-2H3,(H,23,26). The van der Waals surface area contributed by atoms with E-state index in [1.54, 1.807) is 6.07 Å². The summed E-state index contributed by atoms with van der Waals surface area (Å²) in [7, 11) is 0. The number of carbonyl (C=O) groups excluding carboxylic acids is 1. The van der Waals surface area contributed by atoms with E-state index in [1.165, 1.54) is 5.56 Å². The van der Waals surface area contributed by atoms with Crippen LogP contribution in [0.4, 0.5) is 5.82 Å². The fourth-order valence-electron chi connectivity index (χ4n) is 4.59. The van der Waals surface area contributed by atoms with Crippen molar-refractivity contribution in [3.05, 3.63) is 57.5 Å². The number of aryl methyl sites for hydroxylation is 2. The molecule has 138 valence electrons. The van der Waals surface area contributed by atoms with Crippen molar-refractivity contribution in [1.82, 2.24) is 14.3 Å². The van der Waals surface area contributed by atoms with Crippen LogP contribution in [-0.2, 0) is 17.8 Å². The van der Waals surface area contributed by atoms with E-state index in [-0.39, 0.29) is 23.4 Å². The Kier molecular flexibility index (Phi) is 3.50. The first-order valence-corrected chi connectivity index (χ1v) is 9.57. The molecule has 0 bridgehead atoms. The van der Waals surface area contributed by atoms with Gasteiger partial charge in [-0.15, -0.1) is 0 Å².